The molecule has 5 nitrogen and oxygen atoms in total. The average Bonchev–Trinajstić information content (AvgIpc) is 2.85. The Morgan fingerprint density at radius 2 is 1.90 bits per heavy atom. The fraction of sp³-hybridized carbons (Fsp3) is 0.143. The van der Waals surface area contributed by atoms with Crippen molar-refractivity contribution in [1.82, 2.24) is 9.88 Å². The fourth-order valence-electron chi connectivity index (χ4n) is 1.78. The maximum absolute atomic E-state index is 12.7. The smallest absolute Gasteiger partial charge is 0.323 e. The molecule has 0 bridgehead atoms. The summed E-state index contributed by atoms with van der Waals surface area (Å²) in [5.41, 5.74) is 1.03. The summed E-state index contributed by atoms with van der Waals surface area (Å²) >= 11 is 0. The second-order valence-corrected chi connectivity index (χ2v) is 4.22. The van der Waals surface area contributed by atoms with Crippen molar-refractivity contribution in [3.05, 3.63) is 59.7 Å². The number of rotatable bonds is 5. The van der Waals surface area contributed by atoms with Crippen LogP contribution in [0.4, 0.5) is 4.39 Å². The molecule has 0 saturated heterocycles. The van der Waals surface area contributed by atoms with Crippen molar-refractivity contribution in [3.8, 4) is 0 Å². The third kappa shape index (κ3) is 3.44. The minimum atomic E-state index is -1.02. The topological polar surface area (TPSA) is 71.3 Å². The first-order chi connectivity index (χ1) is 9.56. The highest BCUT2D eigenvalue weighted by Gasteiger charge is 2.12. The van der Waals surface area contributed by atoms with Gasteiger partial charge in [-0.05, 0) is 29.8 Å². The monoisotopic (exact) mass is 276 g/mol. The lowest BCUT2D eigenvalue weighted by atomic mass is 10.2. The van der Waals surface area contributed by atoms with E-state index in [0.717, 1.165) is 5.56 Å². The van der Waals surface area contributed by atoms with Gasteiger partial charge < -0.3 is 15.0 Å². The lowest BCUT2D eigenvalue weighted by molar-refractivity contribution is -0.137. The first-order valence-electron chi connectivity index (χ1n) is 5.96. The Morgan fingerprint density at radius 3 is 2.55 bits per heavy atom. The lowest BCUT2D eigenvalue weighted by Crippen LogP contribution is -2.26. The molecular formula is C14H13FN2O3. The predicted octanol–water partition coefficient (Wildman–Crippen LogP) is 1.64. The van der Waals surface area contributed by atoms with Gasteiger partial charge in [-0.25, -0.2) is 4.39 Å². The number of nitrogens with one attached hydrogen (secondary N) is 1. The van der Waals surface area contributed by atoms with Crippen molar-refractivity contribution in [2.45, 2.75) is 13.1 Å². The van der Waals surface area contributed by atoms with Gasteiger partial charge in [-0.2, -0.15) is 0 Å². The van der Waals surface area contributed by atoms with Gasteiger partial charge in [-0.1, -0.05) is 12.1 Å². The number of carboxylic acid groups (broad SMARTS) is 1. The number of nitrogens with zero attached hydrogens (tertiary/aromatic N) is 1. The van der Waals surface area contributed by atoms with Crippen molar-refractivity contribution in [2.75, 3.05) is 0 Å². The van der Waals surface area contributed by atoms with Crippen LogP contribution in [0.3, 0.4) is 0 Å². The number of carboxylic acids is 1. The Balaban J connectivity index is 2.00. The minimum absolute atomic E-state index is 0.247. The molecule has 0 atom stereocenters. The van der Waals surface area contributed by atoms with Gasteiger partial charge in [0.1, 0.15) is 18.1 Å². The molecule has 0 fully saturated rings. The van der Waals surface area contributed by atoms with Crippen LogP contribution in [0.1, 0.15) is 16.1 Å². The number of carbonyl (C=O) groups is 2. The van der Waals surface area contributed by atoms with Crippen LogP contribution in [-0.4, -0.2) is 21.6 Å². The predicted molar refractivity (Wildman–Crippen MR) is 69.6 cm³/mol. The highest BCUT2D eigenvalue weighted by molar-refractivity contribution is 5.93. The lowest BCUT2D eigenvalue weighted by Gasteiger charge is -2.08. The molecular weight excluding hydrogens is 263 g/mol. The van der Waals surface area contributed by atoms with Crippen molar-refractivity contribution < 1.29 is 19.1 Å². The summed E-state index contributed by atoms with van der Waals surface area (Å²) in [6, 6.07) is 8.93. The zero-order valence-corrected chi connectivity index (χ0v) is 10.5. The number of halogens is 1. The van der Waals surface area contributed by atoms with Gasteiger partial charge in [0.2, 0.25) is 0 Å². The SMILES string of the molecule is O=C(O)Cn1cccc1C(=O)NCc1ccc(F)cc1. The molecule has 1 amide bonds. The Hall–Kier alpha value is -2.63. The van der Waals surface area contributed by atoms with Gasteiger partial charge in [-0.3, -0.25) is 9.59 Å². The molecule has 0 spiro atoms. The zero-order chi connectivity index (χ0) is 14.5. The second kappa shape index (κ2) is 6.01. The molecule has 0 radical (unpaired) electrons. The first-order valence-corrected chi connectivity index (χ1v) is 5.96. The number of benzene rings is 1. The van der Waals surface area contributed by atoms with Crippen LogP contribution in [0, 0.1) is 5.82 Å². The number of aliphatic carboxylic acids is 1. The van der Waals surface area contributed by atoms with E-state index in [4.69, 9.17) is 5.11 Å². The molecule has 0 aliphatic rings. The number of aromatic nitrogens is 1. The number of hydrogen-bond acceptors (Lipinski definition) is 2. The molecule has 2 N–H and O–H groups in total. The summed E-state index contributed by atoms with van der Waals surface area (Å²) in [4.78, 5) is 22.6. The second-order valence-electron chi connectivity index (χ2n) is 4.22. The summed E-state index contributed by atoms with van der Waals surface area (Å²) in [7, 11) is 0. The van der Waals surface area contributed by atoms with Crippen LogP contribution < -0.4 is 5.32 Å². The van der Waals surface area contributed by atoms with Gasteiger partial charge in [0, 0.05) is 12.7 Å². The van der Waals surface area contributed by atoms with E-state index in [1.54, 1.807) is 24.3 Å². The van der Waals surface area contributed by atoms with E-state index in [-0.39, 0.29) is 30.5 Å². The molecule has 0 saturated carbocycles. The Bertz CT molecular complexity index is 620. The van der Waals surface area contributed by atoms with E-state index in [1.807, 2.05) is 0 Å². The highest BCUT2D eigenvalue weighted by Crippen LogP contribution is 2.05. The third-order valence-electron chi connectivity index (χ3n) is 2.73. The molecule has 2 aromatic rings. The minimum Gasteiger partial charge on any atom is -0.480 e. The first kappa shape index (κ1) is 13.8. The van der Waals surface area contributed by atoms with Crippen molar-refractivity contribution in [3.63, 3.8) is 0 Å². The summed E-state index contributed by atoms with van der Waals surface area (Å²) in [6.07, 6.45) is 1.53. The maximum atomic E-state index is 12.7. The van der Waals surface area contributed by atoms with Crippen molar-refractivity contribution in [1.29, 1.82) is 0 Å². The average molecular weight is 276 g/mol. The highest BCUT2D eigenvalue weighted by atomic mass is 19.1. The summed E-state index contributed by atoms with van der Waals surface area (Å²) in [6.45, 7) is -0.0241. The van der Waals surface area contributed by atoms with E-state index in [1.165, 1.54) is 22.9 Å². The van der Waals surface area contributed by atoms with E-state index in [0.29, 0.717) is 0 Å². The number of carbonyl (C=O) groups excluding carboxylic acids is 1. The molecule has 20 heavy (non-hydrogen) atoms. The standard InChI is InChI=1S/C14H13FN2O3/c15-11-5-3-10(4-6-11)8-16-14(20)12-2-1-7-17(12)9-13(18)19/h1-7H,8-9H2,(H,16,20)(H,18,19). The number of hydrogen-bond donors (Lipinski definition) is 2. The van der Waals surface area contributed by atoms with Crippen LogP contribution in [0.15, 0.2) is 42.6 Å². The molecule has 0 aliphatic heterocycles. The van der Waals surface area contributed by atoms with Gasteiger partial charge in [-0.15, -0.1) is 0 Å². The molecule has 2 rings (SSSR count). The van der Waals surface area contributed by atoms with Crippen molar-refractivity contribution in [2.24, 2.45) is 0 Å². The Kier molecular flexibility index (Phi) is 4.14. The third-order valence-corrected chi connectivity index (χ3v) is 2.73. The Labute approximate surface area is 114 Å². The van der Waals surface area contributed by atoms with Gasteiger partial charge in [0.25, 0.3) is 5.91 Å². The largest absolute Gasteiger partial charge is 0.480 e. The molecule has 6 heteroatoms. The normalized spacial score (nSPS) is 10.2. The van der Waals surface area contributed by atoms with Crippen molar-refractivity contribution >= 4 is 11.9 Å². The van der Waals surface area contributed by atoms with Gasteiger partial charge in [0.15, 0.2) is 0 Å². The fourth-order valence-corrected chi connectivity index (χ4v) is 1.78. The van der Waals surface area contributed by atoms with Gasteiger partial charge >= 0.3 is 5.97 Å². The Morgan fingerprint density at radius 1 is 1.20 bits per heavy atom. The summed E-state index contributed by atoms with van der Waals surface area (Å²) in [5.74, 6) is -1.73. The summed E-state index contributed by atoms with van der Waals surface area (Å²) < 4.78 is 14.1. The molecule has 1 aromatic heterocycles. The molecule has 1 aromatic carbocycles. The van der Waals surface area contributed by atoms with E-state index < -0.39 is 5.97 Å². The summed E-state index contributed by atoms with van der Waals surface area (Å²) in [5, 5.41) is 11.4. The van der Waals surface area contributed by atoms with Crippen LogP contribution in [-0.2, 0) is 17.9 Å². The molecule has 1 heterocycles. The van der Waals surface area contributed by atoms with Crippen LogP contribution in [0.5, 0.6) is 0 Å². The van der Waals surface area contributed by atoms with E-state index in [9.17, 15) is 14.0 Å². The molecule has 0 unspecified atom stereocenters. The van der Waals surface area contributed by atoms with Crippen LogP contribution in [0.2, 0.25) is 0 Å². The molecule has 0 aliphatic carbocycles. The van der Waals surface area contributed by atoms with E-state index in [2.05, 4.69) is 5.32 Å². The zero-order valence-electron chi connectivity index (χ0n) is 10.5. The number of amides is 1. The molecule has 104 valence electrons. The van der Waals surface area contributed by atoms with Crippen LogP contribution in [0.25, 0.3) is 0 Å². The van der Waals surface area contributed by atoms with Gasteiger partial charge in [0.05, 0.1) is 0 Å². The van der Waals surface area contributed by atoms with Crippen LogP contribution >= 0.6 is 0 Å². The van der Waals surface area contributed by atoms with E-state index >= 15 is 0 Å². The quantitative estimate of drug-likeness (QED) is 0.872. The maximum Gasteiger partial charge on any atom is 0.323 e.